The number of carboxylic acids is 2. The molecule has 0 bridgehead atoms. The lowest BCUT2D eigenvalue weighted by Gasteiger charge is -2.15. The summed E-state index contributed by atoms with van der Waals surface area (Å²) in [6, 6.07) is 0.706. The molecular weight excluding hydrogens is 256 g/mol. The summed E-state index contributed by atoms with van der Waals surface area (Å²) >= 11 is 0. The molecule has 0 aliphatic carbocycles. The van der Waals surface area contributed by atoms with E-state index < -0.39 is 29.4 Å². The Bertz CT molecular complexity index is 577. The number of aromatic nitrogens is 1. The number of carbonyl (C=O) groups excluding carboxylic acids is 1. The van der Waals surface area contributed by atoms with E-state index in [9.17, 15) is 19.2 Å². The number of primary amides is 1. The van der Waals surface area contributed by atoms with Crippen LogP contribution in [-0.2, 0) is 9.59 Å². The summed E-state index contributed by atoms with van der Waals surface area (Å²) in [6.45, 7) is 0. The van der Waals surface area contributed by atoms with Crippen LogP contribution in [0.2, 0.25) is 0 Å². The van der Waals surface area contributed by atoms with Crippen LogP contribution < -0.4 is 11.3 Å². The van der Waals surface area contributed by atoms with Gasteiger partial charge < -0.3 is 20.5 Å². The molecular formula is C11H12N2O6. The summed E-state index contributed by atoms with van der Waals surface area (Å²) in [7, 11) is 0. The first-order valence-corrected chi connectivity index (χ1v) is 5.29. The van der Waals surface area contributed by atoms with Crippen LogP contribution in [0.4, 0.5) is 0 Å². The fourth-order valence-corrected chi connectivity index (χ4v) is 1.53. The standard InChI is InChI=1S/C11H12N2O6/c12-8(14)3-2-7(11(18)19)13-5-6(10(16)17)1-4-9(13)15/h1,4-5,7H,2-3H2,(H2,12,14)(H,16,17)(H,18,19)/t7-/m0/s1. The van der Waals surface area contributed by atoms with E-state index in [1.54, 1.807) is 0 Å². The van der Waals surface area contributed by atoms with E-state index in [0.717, 1.165) is 22.9 Å². The van der Waals surface area contributed by atoms with Gasteiger partial charge in [0.2, 0.25) is 5.91 Å². The molecule has 0 aliphatic rings. The Balaban J connectivity index is 3.18. The van der Waals surface area contributed by atoms with Gasteiger partial charge in [-0.15, -0.1) is 0 Å². The van der Waals surface area contributed by atoms with Crippen molar-refractivity contribution in [2.45, 2.75) is 18.9 Å². The Morgan fingerprint density at radius 1 is 1.26 bits per heavy atom. The molecule has 0 saturated heterocycles. The molecule has 0 fully saturated rings. The lowest BCUT2D eigenvalue weighted by Crippen LogP contribution is -2.30. The van der Waals surface area contributed by atoms with Gasteiger partial charge in [0.1, 0.15) is 6.04 Å². The zero-order valence-corrected chi connectivity index (χ0v) is 9.78. The Morgan fingerprint density at radius 2 is 1.89 bits per heavy atom. The zero-order chi connectivity index (χ0) is 14.6. The number of carboxylic acid groups (broad SMARTS) is 2. The molecule has 1 heterocycles. The van der Waals surface area contributed by atoms with E-state index in [1.165, 1.54) is 0 Å². The molecule has 0 radical (unpaired) electrons. The number of hydrogen-bond acceptors (Lipinski definition) is 4. The first-order chi connectivity index (χ1) is 8.82. The van der Waals surface area contributed by atoms with Crippen LogP contribution in [0.15, 0.2) is 23.1 Å². The average Bonchev–Trinajstić information content (AvgIpc) is 2.30. The predicted molar refractivity (Wildman–Crippen MR) is 62.8 cm³/mol. The lowest BCUT2D eigenvalue weighted by atomic mass is 10.1. The lowest BCUT2D eigenvalue weighted by molar-refractivity contribution is -0.141. The van der Waals surface area contributed by atoms with Crippen LogP contribution in [0.3, 0.4) is 0 Å². The summed E-state index contributed by atoms with van der Waals surface area (Å²) in [5.74, 6) is -3.33. The van der Waals surface area contributed by atoms with Gasteiger partial charge in [0.05, 0.1) is 5.56 Å². The number of pyridine rings is 1. The van der Waals surface area contributed by atoms with E-state index in [0.29, 0.717) is 0 Å². The molecule has 1 atom stereocenters. The third-order valence-electron chi connectivity index (χ3n) is 2.47. The topological polar surface area (TPSA) is 140 Å². The highest BCUT2D eigenvalue weighted by Gasteiger charge is 2.22. The van der Waals surface area contributed by atoms with E-state index >= 15 is 0 Å². The summed E-state index contributed by atoms with van der Waals surface area (Å²) < 4.78 is 0.773. The molecule has 4 N–H and O–H groups in total. The van der Waals surface area contributed by atoms with Gasteiger partial charge in [-0.3, -0.25) is 9.59 Å². The molecule has 1 amide bonds. The zero-order valence-electron chi connectivity index (χ0n) is 9.78. The van der Waals surface area contributed by atoms with Crippen molar-refractivity contribution >= 4 is 17.8 Å². The summed E-state index contributed by atoms with van der Waals surface area (Å²) in [6.07, 6.45) is 0.527. The van der Waals surface area contributed by atoms with Crippen molar-refractivity contribution in [2.75, 3.05) is 0 Å². The van der Waals surface area contributed by atoms with Crippen molar-refractivity contribution in [3.8, 4) is 0 Å². The number of aliphatic carboxylic acids is 1. The first-order valence-electron chi connectivity index (χ1n) is 5.29. The van der Waals surface area contributed by atoms with Gasteiger partial charge in [0.15, 0.2) is 0 Å². The summed E-state index contributed by atoms with van der Waals surface area (Å²) in [5, 5.41) is 17.8. The second-order valence-electron chi connectivity index (χ2n) is 3.83. The first kappa shape index (κ1) is 14.4. The molecule has 0 saturated carbocycles. The molecule has 0 spiro atoms. The molecule has 8 heteroatoms. The number of nitrogens with zero attached hydrogens (tertiary/aromatic N) is 1. The molecule has 102 valence electrons. The molecule has 19 heavy (non-hydrogen) atoms. The van der Waals surface area contributed by atoms with Crippen LogP contribution >= 0.6 is 0 Å². The highest BCUT2D eigenvalue weighted by Crippen LogP contribution is 2.13. The highest BCUT2D eigenvalue weighted by atomic mass is 16.4. The Morgan fingerprint density at radius 3 is 2.37 bits per heavy atom. The maximum absolute atomic E-state index is 11.6. The number of hydrogen-bond donors (Lipinski definition) is 3. The van der Waals surface area contributed by atoms with Gasteiger partial charge in [-0.05, 0) is 12.5 Å². The van der Waals surface area contributed by atoms with Crippen LogP contribution in [0.25, 0.3) is 0 Å². The smallest absolute Gasteiger partial charge is 0.337 e. The van der Waals surface area contributed by atoms with E-state index in [2.05, 4.69) is 0 Å². The summed E-state index contributed by atoms with van der Waals surface area (Å²) in [4.78, 5) is 44.1. The fourth-order valence-electron chi connectivity index (χ4n) is 1.53. The van der Waals surface area contributed by atoms with Gasteiger partial charge in [-0.25, -0.2) is 9.59 Å². The van der Waals surface area contributed by atoms with Crippen LogP contribution in [-0.4, -0.2) is 32.6 Å². The average molecular weight is 268 g/mol. The van der Waals surface area contributed by atoms with Crippen molar-refractivity contribution < 1.29 is 24.6 Å². The fraction of sp³-hybridized carbons (Fsp3) is 0.273. The normalized spacial score (nSPS) is 11.8. The Hall–Kier alpha value is -2.64. The van der Waals surface area contributed by atoms with Crippen molar-refractivity contribution in [1.82, 2.24) is 4.57 Å². The maximum atomic E-state index is 11.6. The number of aromatic carboxylic acids is 1. The molecule has 0 aliphatic heterocycles. The van der Waals surface area contributed by atoms with Crippen LogP contribution in [0.5, 0.6) is 0 Å². The predicted octanol–water partition coefficient (Wildman–Crippen LogP) is -0.562. The number of carbonyl (C=O) groups is 3. The quantitative estimate of drug-likeness (QED) is 0.631. The van der Waals surface area contributed by atoms with Crippen LogP contribution in [0.1, 0.15) is 29.2 Å². The van der Waals surface area contributed by atoms with E-state index in [1.807, 2.05) is 0 Å². The Labute approximate surface area is 107 Å². The van der Waals surface area contributed by atoms with Crippen LogP contribution in [0, 0.1) is 0 Å². The molecule has 1 aromatic heterocycles. The van der Waals surface area contributed by atoms with Crippen molar-refractivity contribution in [3.63, 3.8) is 0 Å². The van der Waals surface area contributed by atoms with E-state index in [4.69, 9.17) is 15.9 Å². The maximum Gasteiger partial charge on any atom is 0.337 e. The number of rotatable bonds is 6. The summed E-state index contributed by atoms with van der Waals surface area (Å²) in [5.41, 5.74) is 4.04. The van der Waals surface area contributed by atoms with Crippen molar-refractivity contribution in [2.24, 2.45) is 5.73 Å². The van der Waals surface area contributed by atoms with E-state index in [-0.39, 0.29) is 18.4 Å². The van der Waals surface area contributed by atoms with Gasteiger partial charge in [0, 0.05) is 18.7 Å². The Kier molecular flexibility index (Phi) is 4.41. The third kappa shape index (κ3) is 3.66. The minimum atomic E-state index is -1.34. The minimum absolute atomic E-state index is 0.187. The number of amides is 1. The monoisotopic (exact) mass is 268 g/mol. The van der Waals surface area contributed by atoms with Gasteiger partial charge in [0.25, 0.3) is 5.56 Å². The minimum Gasteiger partial charge on any atom is -0.480 e. The van der Waals surface area contributed by atoms with Crippen molar-refractivity contribution in [1.29, 1.82) is 0 Å². The highest BCUT2D eigenvalue weighted by molar-refractivity contribution is 5.87. The van der Waals surface area contributed by atoms with Gasteiger partial charge in [-0.2, -0.15) is 0 Å². The van der Waals surface area contributed by atoms with Gasteiger partial charge >= 0.3 is 11.9 Å². The molecule has 1 aromatic rings. The van der Waals surface area contributed by atoms with Gasteiger partial charge in [-0.1, -0.05) is 0 Å². The second-order valence-corrected chi connectivity index (χ2v) is 3.83. The third-order valence-corrected chi connectivity index (χ3v) is 2.47. The largest absolute Gasteiger partial charge is 0.480 e. The van der Waals surface area contributed by atoms with Crippen molar-refractivity contribution in [3.05, 3.63) is 34.2 Å². The number of nitrogens with two attached hydrogens (primary N) is 1. The second kappa shape index (κ2) is 5.80. The SMILES string of the molecule is NC(=O)CC[C@@H](C(=O)O)n1cc(C(=O)O)ccc1=O. The molecule has 8 nitrogen and oxygen atoms in total. The molecule has 0 aromatic carbocycles. The molecule has 1 rings (SSSR count). The molecule has 0 unspecified atom stereocenters.